The normalized spacial score (nSPS) is 11.7. The monoisotopic (exact) mass is 305 g/mol. The second-order valence-electron chi connectivity index (χ2n) is 3.25. The number of hydrogen-bond donors (Lipinski definition) is 0. The van der Waals surface area contributed by atoms with Gasteiger partial charge in [-0.25, -0.2) is 0 Å². The predicted molar refractivity (Wildman–Crippen MR) is 43.2 cm³/mol. The molecule has 0 aliphatic carbocycles. The van der Waals surface area contributed by atoms with Crippen LogP contribution in [0.25, 0.3) is 0 Å². The summed E-state index contributed by atoms with van der Waals surface area (Å²) in [6.07, 6.45) is 4.98. The van der Waals surface area contributed by atoms with Crippen LogP contribution in [0.5, 0.6) is 0 Å². The summed E-state index contributed by atoms with van der Waals surface area (Å²) in [5.74, 6) is 1.64. The zero-order valence-electron chi connectivity index (χ0n) is 8.30. The third-order valence-corrected chi connectivity index (χ3v) is 1.65. The second kappa shape index (κ2) is 12.2. The van der Waals surface area contributed by atoms with Crippen molar-refractivity contribution in [1.82, 2.24) is 0 Å². The number of rotatable bonds is 4. The summed E-state index contributed by atoms with van der Waals surface area (Å²) in [6, 6.07) is 0. The fourth-order valence-electron chi connectivity index (χ4n) is 0.671. The van der Waals surface area contributed by atoms with E-state index in [9.17, 15) is 0 Å². The van der Waals surface area contributed by atoms with Crippen LogP contribution in [0, 0.1) is 18.3 Å². The van der Waals surface area contributed by atoms with Gasteiger partial charge < -0.3 is 6.42 Å². The molecule has 11 heavy (non-hydrogen) atoms. The van der Waals surface area contributed by atoms with Crippen molar-refractivity contribution in [3.8, 4) is 0 Å². The van der Waals surface area contributed by atoms with Gasteiger partial charge in [0.25, 0.3) is 0 Å². The molecule has 1 atom stereocenters. The van der Waals surface area contributed by atoms with Crippen molar-refractivity contribution in [3.05, 3.63) is 6.42 Å². The van der Waals surface area contributed by atoms with Crippen molar-refractivity contribution >= 4 is 0 Å². The summed E-state index contributed by atoms with van der Waals surface area (Å²) in [7, 11) is 0. The maximum atomic E-state index is 2.42. The molecule has 0 aliphatic rings. The Labute approximate surface area is 122 Å². The van der Waals surface area contributed by atoms with E-state index in [0.717, 1.165) is 11.8 Å². The van der Waals surface area contributed by atoms with E-state index >= 15 is 0 Å². The third kappa shape index (κ3) is 15.0. The quantitative estimate of drug-likeness (QED) is 0.699. The molecule has 62 valence electrons. The molecule has 0 saturated heterocycles. The third-order valence-electron chi connectivity index (χ3n) is 1.65. The Bertz CT molecular complexity index is 62.6. The van der Waals surface area contributed by atoms with Crippen LogP contribution in [-0.2, 0) is 65.4 Å². The Morgan fingerprint density at radius 2 is 1.55 bits per heavy atom. The van der Waals surface area contributed by atoms with Gasteiger partial charge in [-0.3, -0.25) is 0 Å². The van der Waals surface area contributed by atoms with Gasteiger partial charge >= 0.3 is 0 Å². The van der Waals surface area contributed by atoms with Crippen LogP contribution in [0.2, 0.25) is 0 Å². The van der Waals surface area contributed by atoms with E-state index in [1.54, 1.807) is 0 Å². The van der Waals surface area contributed by atoms with Crippen LogP contribution < -0.4 is 0 Å². The maximum absolute atomic E-state index is 2.42. The standard InChI is InChI=1S/C9H19.2Y/c1-5-9(4)7-6-8(2)3;;/h7-9H,5-6H2,1-4H3;;/q-1;;. The van der Waals surface area contributed by atoms with Crippen LogP contribution >= 0.6 is 0 Å². The van der Waals surface area contributed by atoms with Gasteiger partial charge in [-0.2, -0.15) is 12.3 Å². The zero-order chi connectivity index (χ0) is 7.28. The van der Waals surface area contributed by atoms with E-state index in [1.165, 1.54) is 12.8 Å². The smallest absolute Gasteiger partial charge is 0 e. The molecule has 0 spiro atoms. The summed E-state index contributed by atoms with van der Waals surface area (Å²) in [5.41, 5.74) is 0. The Morgan fingerprint density at radius 3 is 1.82 bits per heavy atom. The van der Waals surface area contributed by atoms with Crippen molar-refractivity contribution in [1.29, 1.82) is 0 Å². The average Bonchev–Trinajstić information content (AvgIpc) is 1.83. The number of hydrogen-bond acceptors (Lipinski definition) is 0. The molecule has 0 aromatic carbocycles. The maximum Gasteiger partial charge on any atom is 0 e. The van der Waals surface area contributed by atoms with E-state index in [0.29, 0.717) is 0 Å². The minimum absolute atomic E-state index is 0. The van der Waals surface area contributed by atoms with Crippen molar-refractivity contribution in [2.75, 3.05) is 0 Å². The topological polar surface area (TPSA) is 0 Å². The molecule has 0 heterocycles. The summed E-state index contributed by atoms with van der Waals surface area (Å²) in [4.78, 5) is 0. The van der Waals surface area contributed by atoms with Crippen molar-refractivity contribution in [3.63, 3.8) is 0 Å². The van der Waals surface area contributed by atoms with Crippen molar-refractivity contribution in [2.24, 2.45) is 11.8 Å². The van der Waals surface area contributed by atoms with Gasteiger partial charge in [0.1, 0.15) is 0 Å². The van der Waals surface area contributed by atoms with Gasteiger partial charge in [0.15, 0.2) is 0 Å². The van der Waals surface area contributed by atoms with E-state index in [-0.39, 0.29) is 65.4 Å². The van der Waals surface area contributed by atoms with Crippen molar-refractivity contribution in [2.45, 2.75) is 40.5 Å². The van der Waals surface area contributed by atoms with Gasteiger partial charge in [0.2, 0.25) is 0 Å². The molecule has 0 rings (SSSR count). The Balaban J connectivity index is -0.000000320. The molecule has 0 bridgehead atoms. The summed E-state index contributed by atoms with van der Waals surface area (Å²) in [6.45, 7) is 9.04. The van der Waals surface area contributed by atoms with Gasteiger partial charge in [-0.15, -0.1) is 0 Å². The minimum atomic E-state index is 0. The molecular weight excluding hydrogens is 286 g/mol. The SMILES string of the molecule is CCC(C)[CH-]CC(C)C.[Y].[Y]. The molecule has 2 radical (unpaired) electrons. The summed E-state index contributed by atoms with van der Waals surface area (Å²) < 4.78 is 0. The molecule has 0 nitrogen and oxygen atoms in total. The Kier molecular flexibility index (Phi) is 21.0. The fraction of sp³-hybridized carbons (Fsp3) is 0.889. The van der Waals surface area contributed by atoms with Crippen LogP contribution in [0.1, 0.15) is 40.5 Å². The second-order valence-corrected chi connectivity index (χ2v) is 3.25. The average molecular weight is 305 g/mol. The molecule has 0 aliphatic heterocycles. The molecule has 0 fully saturated rings. The first-order chi connectivity index (χ1) is 4.16. The molecular formula is C9H19Y2-. The molecule has 1 unspecified atom stereocenters. The first-order valence-corrected chi connectivity index (χ1v) is 4.00. The van der Waals surface area contributed by atoms with Crippen LogP contribution in [0.3, 0.4) is 0 Å². The van der Waals surface area contributed by atoms with Crippen LogP contribution in [-0.4, -0.2) is 0 Å². The molecule has 0 aromatic rings. The Morgan fingerprint density at radius 1 is 1.09 bits per heavy atom. The van der Waals surface area contributed by atoms with Crippen LogP contribution in [0.15, 0.2) is 0 Å². The van der Waals surface area contributed by atoms with Gasteiger partial charge in [-0.1, -0.05) is 40.0 Å². The van der Waals surface area contributed by atoms with Gasteiger partial charge in [0, 0.05) is 65.4 Å². The van der Waals surface area contributed by atoms with Crippen molar-refractivity contribution < 1.29 is 65.4 Å². The fourth-order valence-corrected chi connectivity index (χ4v) is 0.671. The first kappa shape index (κ1) is 18.9. The molecule has 0 aromatic heterocycles. The molecule has 0 saturated carbocycles. The minimum Gasteiger partial charge on any atom is -0.325 e. The predicted octanol–water partition coefficient (Wildman–Crippen LogP) is 3.28. The molecule has 0 amide bonds. The van der Waals surface area contributed by atoms with Gasteiger partial charge in [0.05, 0.1) is 0 Å². The van der Waals surface area contributed by atoms with Crippen LogP contribution in [0.4, 0.5) is 0 Å². The van der Waals surface area contributed by atoms with E-state index in [4.69, 9.17) is 0 Å². The molecule has 0 N–H and O–H groups in total. The molecule has 2 heteroatoms. The first-order valence-electron chi connectivity index (χ1n) is 4.00. The van der Waals surface area contributed by atoms with Gasteiger partial charge in [-0.05, 0) is 0 Å². The summed E-state index contributed by atoms with van der Waals surface area (Å²) >= 11 is 0. The Hall–Kier alpha value is 2.21. The summed E-state index contributed by atoms with van der Waals surface area (Å²) in [5, 5.41) is 0. The largest absolute Gasteiger partial charge is 0.325 e. The van der Waals surface area contributed by atoms with E-state index in [2.05, 4.69) is 34.1 Å². The van der Waals surface area contributed by atoms with E-state index in [1.807, 2.05) is 0 Å². The zero-order valence-corrected chi connectivity index (χ0v) is 14.0. The van der Waals surface area contributed by atoms with E-state index < -0.39 is 0 Å².